The Morgan fingerprint density at radius 2 is 1.81 bits per heavy atom. The van der Waals surface area contributed by atoms with Gasteiger partial charge in [0, 0.05) is 10.3 Å². The molecule has 21 heavy (non-hydrogen) atoms. The number of carboxylic acids is 1. The van der Waals surface area contributed by atoms with Gasteiger partial charge in [0.1, 0.15) is 5.03 Å². The number of para-hydroxylation sites is 1. The Bertz CT molecular complexity index is 813. The molecule has 0 aliphatic rings. The van der Waals surface area contributed by atoms with Crippen LogP contribution < -0.4 is 0 Å². The molecule has 1 N–H and O–H groups in total. The smallest absolute Gasteiger partial charge is 0.336 e. The molecular formula is C17H13NO2S. The molecule has 104 valence electrons. The van der Waals surface area contributed by atoms with E-state index in [4.69, 9.17) is 0 Å². The molecule has 0 aliphatic heterocycles. The van der Waals surface area contributed by atoms with E-state index in [1.165, 1.54) is 17.3 Å². The lowest BCUT2D eigenvalue weighted by molar-refractivity contribution is 0.0698. The van der Waals surface area contributed by atoms with E-state index >= 15 is 0 Å². The SMILES string of the molecule is Cc1ccc(Sc2cc(C(=O)O)c3ccccc3n2)cc1. The van der Waals surface area contributed by atoms with E-state index in [1.54, 1.807) is 12.1 Å². The van der Waals surface area contributed by atoms with Gasteiger partial charge in [-0.05, 0) is 31.2 Å². The lowest BCUT2D eigenvalue weighted by Gasteiger charge is -2.06. The summed E-state index contributed by atoms with van der Waals surface area (Å²) in [5.74, 6) is -0.931. The van der Waals surface area contributed by atoms with E-state index in [9.17, 15) is 9.90 Å². The Morgan fingerprint density at radius 3 is 2.52 bits per heavy atom. The van der Waals surface area contributed by atoms with Crippen LogP contribution in [0.3, 0.4) is 0 Å². The van der Waals surface area contributed by atoms with Gasteiger partial charge in [-0.25, -0.2) is 9.78 Å². The Morgan fingerprint density at radius 1 is 1.10 bits per heavy atom. The first kappa shape index (κ1) is 13.6. The van der Waals surface area contributed by atoms with Gasteiger partial charge in [-0.2, -0.15) is 0 Å². The maximum absolute atomic E-state index is 11.4. The van der Waals surface area contributed by atoms with E-state index in [2.05, 4.69) is 4.98 Å². The van der Waals surface area contributed by atoms with Gasteiger partial charge in [-0.1, -0.05) is 47.7 Å². The number of aryl methyl sites for hydroxylation is 1. The number of rotatable bonds is 3. The lowest BCUT2D eigenvalue weighted by atomic mass is 10.1. The molecule has 0 saturated heterocycles. The molecule has 0 amide bonds. The van der Waals surface area contributed by atoms with Crippen molar-refractivity contribution in [2.24, 2.45) is 0 Å². The molecule has 0 bridgehead atoms. The quantitative estimate of drug-likeness (QED) is 0.778. The average Bonchev–Trinajstić information content (AvgIpc) is 2.48. The Hall–Kier alpha value is -2.33. The van der Waals surface area contributed by atoms with Crippen LogP contribution in [-0.4, -0.2) is 16.1 Å². The number of nitrogens with zero attached hydrogens (tertiary/aromatic N) is 1. The van der Waals surface area contributed by atoms with Crippen molar-refractivity contribution in [1.82, 2.24) is 4.98 Å². The van der Waals surface area contributed by atoms with Crippen molar-refractivity contribution in [1.29, 1.82) is 0 Å². The Labute approximate surface area is 126 Å². The van der Waals surface area contributed by atoms with E-state index in [0.29, 0.717) is 15.9 Å². The number of carbonyl (C=O) groups is 1. The number of carboxylic acid groups (broad SMARTS) is 1. The molecule has 0 aliphatic carbocycles. The highest BCUT2D eigenvalue weighted by molar-refractivity contribution is 7.99. The first-order valence-corrected chi connectivity index (χ1v) is 7.33. The number of benzene rings is 2. The van der Waals surface area contributed by atoms with Crippen molar-refractivity contribution in [2.75, 3.05) is 0 Å². The number of aromatic nitrogens is 1. The van der Waals surface area contributed by atoms with Crippen molar-refractivity contribution in [2.45, 2.75) is 16.8 Å². The molecule has 0 unspecified atom stereocenters. The van der Waals surface area contributed by atoms with Crippen LogP contribution >= 0.6 is 11.8 Å². The largest absolute Gasteiger partial charge is 0.478 e. The van der Waals surface area contributed by atoms with Gasteiger partial charge in [0.05, 0.1) is 11.1 Å². The lowest BCUT2D eigenvalue weighted by Crippen LogP contribution is -1.99. The molecular weight excluding hydrogens is 282 g/mol. The van der Waals surface area contributed by atoms with Crippen molar-refractivity contribution in [3.8, 4) is 0 Å². The summed E-state index contributed by atoms with van der Waals surface area (Å²) >= 11 is 1.47. The summed E-state index contributed by atoms with van der Waals surface area (Å²) in [4.78, 5) is 17.0. The van der Waals surface area contributed by atoms with Crippen molar-refractivity contribution < 1.29 is 9.90 Å². The topological polar surface area (TPSA) is 50.2 Å². The molecule has 3 rings (SSSR count). The fourth-order valence-corrected chi connectivity index (χ4v) is 2.94. The third-order valence-electron chi connectivity index (χ3n) is 3.17. The summed E-state index contributed by atoms with van der Waals surface area (Å²) in [7, 11) is 0. The Kier molecular flexibility index (Phi) is 3.62. The summed E-state index contributed by atoms with van der Waals surface area (Å²) in [5.41, 5.74) is 2.18. The molecule has 0 fully saturated rings. The van der Waals surface area contributed by atoms with Crippen LogP contribution in [0.5, 0.6) is 0 Å². The monoisotopic (exact) mass is 295 g/mol. The van der Waals surface area contributed by atoms with Crippen LogP contribution in [0.4, 0.5) is 0 Å². The zero-order chi connectivity index (χ0) is 14.8. The number of hydrogen-bond acceptors (Lipinski definition) is 3. The molecule has 1 aromatic heterocycles. The molecule has 2 aromatic carbocycles. The molecule has 3 aromatic rings. The fraction of sp³-hybridized carbons (Fsp3) is 0.0588. The van der Waals surface area contributed by atoms with Crippen molar-refractivity contribution in [3.05, 3.63) is 65.7 Å². The summed E-state index contributed by atoms with van der Waals surface area (Å²) in [6.45, 7) is 2.03. The van der Waals surface area contributed by atoms with Gasteiger partial charge in [0.15, 0.2) is 0 Å². The summed E-state index contributed by atoms with van der Waals surface area (Å²) < 4.78 is 0. The fourth-order valence-electron chi connectivity index (χ4n) is 2.11. The van der Waals surface area contributed by atoms with Crippen LogP contribution in [0.2, 0.25) is 0 Å². The molecule has 0 atom stereocenters. The van der Waals surface area contributed by atoms with Crippen LogP contribution in [0.1, 0.15) is 15.9 Å². The van der Waals surface area contributed by atoms with E-state index in [1.807, 2.05) is 49.4 Å². The first-order chi connectivity index (χ1) is 10.1. The minimum Gasteiger partial charge on any atom is -0.478 e. The normalized spacial score (nSPS) is 10.7. The second kappa shape index (κ2) is 5.58. The second-order valence-corrected chi connectivity index (χ2v) is 5.84. The molecule has 1 heterocycles. The van der Waals surface area contributed by atoms with Crippen LogP contribution in [0, 0.1) is 6.92 Å². The highest BCUT2D eigenvalue weighted by Gasteiger charge is 2.12. The summed E-state index contributed by atoms with van der Waals surface area (Å²) in [6, 6.07) is 17.0. The highest BCUT2D eigenvalue weighted by Crippen LogP contribution is 2.29. The second-order valence-electron chi connectivity index (χ2n) is 4.75. The third-order valence-corrected chi connectivity index (χ3v) is 4.09. The van der Waals surface area contributed by atoms with Crippen LogP contribution in [-0.2, 0) is 0 Å². The maximum Gasteiger partial charge on any atom is 0.336 e. The van der Waals surface area contributed by atoms with Gasteiger partial charge in [-0.15, -0.1) is 0 Å². The number of fused-ring (bicyclic) bond motifs is 1. The molecule has 0 saturated carbocycles. The zero-order valence-corrected chi connectivity index (χ0v) is 12.2. The minimum atomic E-state index is -0.931. The molecule has 4 heteroatoms. The number of pyridine rings is 1. The van der Waals surface area contributed by atoms with Crippen LogP contribution in [0.25, 0.3) is 10.9 Å². The van der Waals surface area contributed by atoms with E-state index in [0.717, 1.165) is 4.90 Å². The molecule has 0 spiro atoms. The standard InChI is InChI=1S/C17H13NO2S/c1-11-6-8-12(9-7-11)21-16-10-14(17(19)20)13-4-2-3-5-15(13)18-16/h2-10H,1H3,(H,19,20). The number of aromatic carboxylic acids is 1. The maximum atomic E-state index is 11.4. The van der Waals surface area contributed by atoms with Gasteiger partial charge >= 0.3 is 5.97 Å². The van der Waals surface area contributed by atoms with Gasteiger partial charge in [0.2, 0.25) is 0 Å². The Balaban J connectivity index is 2.06. The van der Waals surface area contributed by atoms with Crippen molar-refractivity contribution >= 4 is 28.6 Å². The predicted octanol–water partition coefficient (Wildman–Crippen LogP) is 4.39. The predicted molar refractivity (Wildman–Crippen MR) is 84.0 cm³/mol. The van der Waals surface area contributed by atoms with E-state index in [-0.39, 0.29) is 5.56 Å². The highest BCUT2D eigenvalue weighted by atomic mass is 32.2. The van der Waals surface area contributed by atoms with Crippen LogP contribution in [0.15, 0.2) is 64.5 Å². The van der Waals surface area contributed by atoms with Gasteiger partial charge < -0.3 is 5.11 Å². The van der Waals surface area contributed by atoms with Gasteiger partial charge in [-0.3, -0.25) is 0 Å². The van der Waals surface area contributed by atoms with Crippen molar-refractivity contribution in [3.63, 3.8) is 0 Å². The summed E-state index contributed by atoms with van der Waals surface area (Å²) in [6.07, 6.45) is 0. The zero-order valence-electron chi connectivity index (χ0n) is 11.4. The molecule has 3 nitrogen and oxygen atoms in total. The van der Waals surface area contributed by atoms with Gasteiger partial charge in [0.25, 0.3) is 0 Å². The number of hydrogen-bond donors (Lipinski definition) is 1. The molecule has 0 radical (unpaired) electrons. The first-order valence-electron chi connectivity index (χ1n) is 6.51. The minimum absolute atomic E-state index is 0.287. The summed E-state index contributed by atoms with van der Waals surface area (Å²) in [5, 5.41) is 10.7. The third kappa shape index (κ3) is 2.90. The average molecular weight is 295 g/mol. The van der Waals surface area contributed by atoms with E-state index < -0.39 is 5.97 Å².